The van der Waals surface area contributed by atoms with Gasteiger partial charge in [-0.2, -0.15) is 0 Å². The molecule has 1 aliphatic heterocycles. The Labute approximate surface area is 240 Å². The van der Waals surface area contributed by atoms with Crippen molar-refractivity contribution in [2.75, 3.05) is 11.5 Å². The van der Waals surface area contributed by atoms with E-state index in [9.17, 15) is 14.7 Å². The number of aryl methyl sites for hydroxylation is 1. The maximum absolute atomic E-state index is 13.6. The number of aliphatic hydroxyl groups excluding tert-OH is 1. The van der Waals surface area contributed by atoms with Crippen LogP contribution < -0.4 is 9.64 Å². The number of unbranched alkanes of at least 4 members (excludes halogenated alkanes) is 2. The number of thioether (sulfide) groups is 1. The number of aliphatic hydroxyl groups is 1. The predicted molar refractivity (Wildman–Crippen MR) is 155 cm³/mol. The summed E-state index contributed by atoms with van der Waals surface area (Å²) in [5, 5.41) is 19.8. The number of anilines is 1. The minimum atomic E-state index is -0.917. The number of Topliss-reactive ketones (excluding diaryl/α,β-unsaturated/α-hetero) is 1. The molecule has 3 heterocycles. The third kappa shape index (κ3) is 5.97. The minimum absolute atomic E-state index is 0.0472. The van der Waals surface area contributed by atoms with Crippen molar-refractivity contribution in [3.05, 3.63) is 101 Å². The lowest BCUT2D eigenvalue weighted by Gasteiger charge is -2.24. The molecule has 4 aromatic rings. The van der Waals surface area contributed by atoms with Gasteiger partial charge < -0.3 is 14.3 Å². The number of hydrogen-bond acceptors (Lipinski definition) is 9. The Balaban J connectivity index is 1.45. The Morgan fingerprint density at radius 1 is 1.07 bits per heavy atom. The van der Waals surface area contributed by atoms with Crippen molar-refractivity contribution in [1.82, 2.24) is 10.2 Å². The largest absolute Gasteiger partial charge is 0.503 e. The SMILES string of the molecule is CCCCCOc1ccc(C2C(C(=O)c3ccc(C)o3)=C(O)C(=O)N2c2nnc(SCc3ccccc3)s2)cc1. The number of ketones is 1. The molecule has 206 valence electrons. The molecule has 10 heteroatoms. The van der Waals surface area contributed by atoms with Crippen molar-refractivity contribution in [2.24, 2.45) is 0 Å². The zero-order valence-corrected chi connectivity index (χ0v) is 23.8. The molecule has 2 aromatic carbocycles. The van der Waals surface area contributed by atoms with E-state index in [1.165, 1.54) is 28.0 Å². The fourth-order valence-electron chi connectivity index (χ4n) is 4.41. The van der Waals surface area contributed by atoms with E-state index in [-0.39, 0.29) is 16.5 Å². The maximum Gasteiger partial charge on any atom is 0.296 e. The van der Waals surface area contributed by atoms with Crippen molar-refractivity contribution < 1.29 is 23.8 Å². The van der Waals surface area contributed by atoms with E-state index in [1.54, 1.807) is 43.3 Å². The van der Waals surface area contributed by atoms with Crippen LogP contribution in [-0.4, -0.2) is 33.6 Å². The van der Waals surface area contributed by atoms with E-state index in [0.717, 1.165) is 24.8 Å². The van der Waals surface area contributed by atoms with Gasteiger partial charge in [0.25, 0.3) is 5.91 Å². The standard InChI is InChI=1S/C30H29N3O5S2/c1-3-4-8-17-37-22-14-12-21(13-15-22)25-24(26(34)23-16-11-19(2)38-23)27(35)28(36)33(25)29-31-32-30(40-29)39-18-20-9-6-5-7-10-20/h5-7,9-16,25,35H,3-4,8,17-18H2,1-2H3. The van der Waals surface area contributed by atoms with Gasteiger partial charge in [0.05, 0.1) is 18.2 Å². The second-order valence-corrected chi connectivity index (χ2v) is 11.5. The molecule has 1 atom stereocenters. The van der Waals surface area contributed by atoms with E-state index in [1.807, 2.05) is 30.3 Å². The highest BCUT2D eigenvalue weighted by Gasteiger charge is 2.46. The van der Waals surface area contributed by atoms with Crippen molar-refractivity contribution >= 4 is 39.9 Å². The fourth-order valence-corrected chi connectivity index (χ4v) is 6.23. The number of ether oxygens (including phenoxy) is 1. The number of aromatic nitrogens is 2. The van der Waals surface area contributed by atoms with Gasteiger partial charge in [-0.3, -0.25) is 14.5 Å². The van der Waals surface area contributed by atoms with Gasteiger partial charge >= 0.3 is 0 Å². The average Bonchev–Trinajstić information content (AvgIpc) is 3.69. The van der Waals surface area contributed by atoms with E-state index >= 15 is 0 Å². The lowest BCUT2D eigenvalue weighted by atomic mass is 9.95. The monoisotopic (exact) mass is 575 g/mol. The molecule has 0 aliphatic carbocycles. The van der Waals surface area contributed by atoms with Crippen LogP contribution in [0.1, 0.15) is 59.7 Å². The minimum Gasteiger partial charge on any atom is -0.503 e. The topological polar surface area (TPSA) is 106 Å². The van der Waals surface area contributed by atoms with E-state index in [0.29, 0.717) is 33.8 Å². The van der Waals surface area contributed by atoms with Crippen LogP contribution in [0.15, 0.2) is 86.8 Å². The molecule has 0 radical (unpaired) electrons. The lowest BCUT2D eigenvalue weighted by molar-refractivity contribution is -0.117. The molecule has 0 saturated carbocycles. The highest BCUT2D eigenvalue weighted by Crippen LogP contribution is 2.44. The number of nitrogens with zero attached hydrogens (tertiary/aromatic N) is 3. The molecule has 0 spiro atoms. The molecule has 2 aromatic heterocycles. The smallest absolute Gasteiger partial charge is 0.296 e. The predicted octanol–water partition coefficient (Wildman–Crippen LogP) is 7.08. The summed E-state index contributed by atoms with van der Waals surface area (Å²) in [5.41, 5.74) is 1.69. The average molecular weight is 576 g/mol. The van der Waals surface area contributed by atoms with Gasteiger partial charge in [0.2, 0.25) is 10.9 Å². The molecule has 0 saturated heterocycles. The molecular formula is C30H29N3O5S2. The van der Waals surface area contributed by atoms with Gasteiger partial charge in [0.1, 0.15) is 11.5 Å². The summed E-state index contributed by atoms with van der Waals surface area (Å²) >= 11 is 2.74. The second-order valence-electron chi connectivity index (χ2n) is 9.33. The number of benzene rings is 2. The van der Waals surface area contributed by atoms with Gasteiger partial charge in [0, 0.05) is 5.75 Å². The van der Waals surface area contributed by atoms with Crippen LogP contribution >= 0.6 is 23.1 Å². The summed E-state index contributed by atoms with van der Waals surface area (Å²) in [6.07, 6.45) is 3.16. The lowest BCUT2D eigenvalue weighted by Crippen LogP contribution is -2.31. The molecule has 1 unspecified atom stereocenters. The maximum atomic E-state index is 13.6. The molecular weight excluding hydrogens is 546 g/mol. The van der Waals surface area contributed by atoms with E-state index in [4.69, 9.17) is 9.15 Å². The number of carbonyl (C=O) groups excluding carboxylic acids is 2. The van der Waals surface area contributed by atoms with Crippen molar-refractivity contribution in [2.45, 2.75) is 49.2 Å². The molecule has 5 rings (SSSR count). The van der Waals surface area contributed by atoms with Crippen LogP contribution in [0, 0.1) is 6.92 Å². The second kappa shape index (κ2) is 12.5. The highest BCUT2D eigenvalue weighted by molar-refractivity contribution is 8.00. The quantitative estimate of drug-likeness (QED) is 0.0826. The summed E-state index contributed by atoms with van der Waals surface area (Å²) in [6, 6.07) is 19.5. The first-order chi connectivity index (χ1) is 19.5. The Hall–Kier alpha value is -3.89. The normalized spacial score (nSPS) is 15.2. The van der Waals surface area contributed by atoms with Crippen LogP contribution in [0.4, 0.5) is 5.13 Å². The number of rotatable bonds is 12. The zero-order valence-electron chi connectivity index (χ0n) is 22.2. The van der Waals surface area contributed by atoms with Gasteiger partial charge in [0.15, 0.2) is 15.9 Å². The van der Waals surface area contributed by atoms with Crippen LogP contribution in [0.3, 0.4) is 0 Å². The Morgan fingerprint density at radius 2 is 1.85 bits per heavy atom. The summed E-state index contributed by atoms with van der Waals surface area (Å²) in [4.78, 5) is 28.3. The summed E-state index contributed by atoms with van der Waals surface area (Å²) in [5.74, 6) is 0.0757. The van der Waals surface area contributed by atoms with Gasteiger partial charge in [-0.15, -0.1) is 10.2 Å². The third-order valence-electron chi connectivity index (χ3n) is 6.44. The number of hydrogen-bond donors (Lipinski definition) is 1. The van der Waals surface area contributed by atoms with Gasteiger partial charge in [-0.05, 0) is 48.7 Å². The van der Waals surface area contributed by atoms with Crippen LogP contribution in [-0.2, 0) is 10.5 Å². The first-order valence-electron chi connectivity index (χ1n) is 13.1. The molecule has 8 nitrogen and oxygen atoms in total. The van der Waals surface area contributed by atoms with Gasteiger partial charge in [-0.25, -0.2) is 0 Å². The molecule has 1 aliphatic rings. The van der Waals surface area contributed by atoms with Crippen LogP contribution in [0.5, 0.6) is 5.75 Å². The van der Waals surface area contributed by atoms with E-state index < -0.39 is 23.5 Å². The fraction of sp³-hybridized carbons (Fsp3) is 0.267. The van der Waals surface area contributed by atoms with Crippen LogP contribution in [0.2, 0.25) is 0 Å². The molecule has 40 heavy (non-hydrogen) atoms. The molecule has 1 N–H and O–H groups in total. The Kier molecular flexibility index (Phi) is 8.66. The van der Waals surface area contributed by atoms with Gasteiger partial charge in [-0.1, -0.05) is 85.3 Å². The van der Waals surface area contributed by atoms with E-state index in [2.05, 4.69) is 17.1 Å². The number of amides is 1. The summed E-state index contributed by atoms with van der Waals surface area (Å²) < 4.78 is 12.1. The zero-order chi connectivity index (χ0) is 28.1. The molecule has 1 amide bonds. The highest BCUT2D eigenvalue weighted by atomic mass is 32.2. The summed E-state index contributed by atoms with van der Waals surface area (Å²) in [7, 11) is 0. The Morgan fingerprint density at radius 3 is 2.55 bits per heavy atom. The Bertz CT molecular complexity index is 1510. The van der Waals surface area contributed by atoms with Crippen LogP contribution in [0.25, 0.3) is 0 Å². The molecule has 0 bridgehead atoms. The first kappa shape index (κ1) is 27.7. The first-order valence-corrected chi connectivity index (χ1v) is 14.9. The van der Waals surface area contributed by atoms with Crippen molar-refractivity contribution in [3.63, 3.8) is 0 Å². The third-order valence-corrected chi connectivity index (χ3v) is 8.56. The molecule has 0 fully saturated rings. The van der Waals surface area contributed by atoms with Crippen molar-refractivity contribution in [1.29, 1.82) is 0 Å². The van der Waals surface area contributed by atoms with Crippen molar-refractivity contribution in [3.8, 4) is 5.75 Å². The number of carbonyl (C=O) groups is 2. The number of furan rings is 1. The summed E-state index contributed by atoms with van der Waals surface area (Å²) in [6.45, 7) is 4.47.